The Bertz CT molecular complexity index is 612. The molecule has 0 aliphatic carbocycles. The molecular formula is C18H22BrNO. The normalized spacial score (nSPS) is 13.8. The van der Waals surface area contributed by atoms with E-state index in [-0.39, 0.29) is 6.04 Å². The summed E-state index contributed by atoms with van der Waals surface area (Å²) in [5.41, 5.74) is 3.85. The van der Waals surface area contributed by atoms with Gasteiger partial charge in [-0.3, -0.25) is 0 Å². The number of halogens is 1. The third kappa shape index (κ3) is 4.08. The van der Waals surface area contributed by atoms with Crippen LogP contribution in [-0.4, -0.2) is 7.11 Å². The van der Waals surface area contributed by atoms with Gasteiger partial charge in [-0.15, -0.1) is 0 Å². The first-order valence-electron chi connectivity index (χ1n) is 7.17. The SMILES string of the molecule is COc1ccc(C(C)NC(C)c2cccc(C)c2)cc1Br. The molecule has 2 unspecified atom stereocenters. The van der Waals surface area contributed by atoms with Gasteiger partial charge in [-0.1, -0.05) is 35.9 Å². The van der Waals surface area contributed by atoms with Crippen molar-refractivity contribution in [2.75, 3.05) is 7.11 Å². The summed E-state index contributed by atoms with van der Waals surface area (Å²) in [6.45, 7) is 6.50. The highest BCUT2D eigenvalue weighted by Gasteiger charge is 2.12. The van der Waals surface area contributed by atoms with E-state index in [9.17, 15) is 0 Å². The minimum atomic E-state index is 0.266. The minimum Gasteiger partial charge on any atom is -0.496 e. The summed E-state index contributed by atoms with van der Waals surface area (Å²) in [5.74, 6) is 0.859. The lowest BCUT2D eigenvalue weighted by Gasteiger charge is -2.21. The Balaban J connectivity index is 2.10. The van der Waals surface area contributed by atoms with Crippen molar-refractivity contribution in [2.45, 2.75) is 32.9 Å². The average Bonchev–Trinajstić information content (AvgIpc) is 2.47. The first kappa shape index (κ1) is 16.1. The lowest BCUT2D eigenvalue weighted by Crippen LogP contribution is -2.22. The van der Waals surface area contributed by atoms with Crippen molar-refractivity contribution in [3.05, 3.63) is 63.6 Å². The molecule has 0 bridgehead atoms. The minimum absolute atomic E-state index is 0.266. The van der Waals surface area contributed by atoms with Crippen LogP contribution in [0.1, 0.15) is 42.6 Å². The molecule has 0 amide bonds. The second kappa shape index (κ2) is 7.10. The van der Waals surface area contributed by atoms with Gasteiger partial charge < -0.3 is 10.1 Å². The molecule has 2 atom stereocenters. The molecule has 0 saturated heterocycles. The smallest absolute Gasteiger partial charge is 0.133 e. The Morgan fingerprint density at radius 1 is 1.00 bits per heavy atom. The summed E-state index contributed by atoms with van der Waals surface area (Å²) in [4.78, 5) is 0. The van der Waals surface area contributed by atoms with E-state index in [1.165, 1.54) is 16.7 Å². The standard InChI is InChI=1S/C18H22BrNO/c1-12-6-5-7-15(10-12)13(2)20-14(3)16-8-9-18(21-4)17(19)11-16/h5-11,13-14,20H,1-4H3. The van der Waals surface area contributed by atoms with Crippen molar-refractivity contribution in [1.82, 2.24) is 5.32 Å². The van der Waals surface area contributed by atoms with E-state index in [0.717, 1.165) is 10.2 Å². The summed E-state index contributed by atoms with van der Waals surface area (Å²) < 4.78 is 6.26. The van der Waals surface area contributed by atoms with Crippen LogP contribution in [0.4, 0.5) is 0 Å². The van der Waals surface area contributed by atoms with Crippen LogP contribution in [0.3, 0.4) is 0 Å². The van der Waals surface area contributed by atoms with Gasteiger partial charge >= 0.3 is 0 Å². The van der Waals surface area contributed by atoms with E-state index in [2.05, 4.69) is 78.4 Å². The summed E-state index contributed by atoms with van der Waals surface area (Å²) in [6, 6.07) is 15.4. The van der Waals surface area contributed by atoms with Crippen molar-refractivity contribution >= 4 is 15.9 Å². The van der Waals surface area contributed by atoms with Crippen molar-refractivity contribution in [1.29, 1.82) is 0 Å². The molecule has 0 spiro atoms. The predicted octanol–water partition coefficient (Wildman–Crippen LogP) is 5.18. The van der Waals surface area contributed by atoms with Crippen molar-refractivity contribution in [2.24, 2.45) is 0 Å². The molecule has 2 aromatic carbocycles. The fourth-order valence-corrected chi connectivity index (χ4v) is 3.02. The van der Waals surface area contributed by atoms with E-state index in [1.54, 1.807) is 7.11 Å². The maximum absolute atomic E-state index is 5.28. The Morgan fingerprint density at radius 3 is 2.24 bits per heavy atom. The van der Waals surface area contributed by atoms with Crippen LogP contribution in [0.15, 0.2) is 46.9 Å². The topological polar surface area (TPSA) is 21.3 Å². The third-order valence-electron chi connectivity index (χ3n) is 3.72. The van der Waals surface area contributed by atoms with Crippen LogP contribution in [0.5, 0.6) is 5.75 Å². The van der Waals surface area contributed by atoms with Crippen LogP contribution in [0.25, 0.3) is 0 Å². The van der Waals surface area contributed by atoms with E-state index >= 15 is 0 Å². The zero-order valence-corrected chi connectivity index (χ0v) is 14.6. The Kier molecular flexibility index (Phi) is 5.43. The second-order valence-electron chi connectivity index (χ2n) is 5.42. The summed E-state index contributed by atoms with van der Waals surface area (Å²) in [7, 11) is 1.68. The molecule has 0 aliphatic rings. The van der Waals surface area contributed by atoms with Gasteiger partial charge in [0, 0.05) is 12.1 Å². The quantitative estimate of drug-likeness (QED) is 0.804. The molecule has 21 heavy (non-hydrogen) atoms. The number of nitrogens with one attached hydrogen (secondary N) is 1. The number of benzene rings is 2. The van der Waals surface area contributed by atoms with Gasteiger partial charge in [0.25, 0.3) is 0 Å². The van der Waals surface area contributed by atoms with E-state index in [1.807, 2.05) is 6.07 Å². The summed E-state index contributed by atoms with van der Waals surface area (Å²) in [6.07, 6.45) is 0. The molecule has 0 saturated carbocycles. The van der Waals surface area contributed by atoms with E-state index < -0.39 is 0 Å². The molecule has 0 heterocycles. The van der Waals surface area contributed by atoms with Gasteiger partial charge in [0.15, 0.2) is 0 Å². The zero-order valence-electron chi connectivity index (χ0n) is 13.0. The van der Waals surface area contributed by atoms with Gasteiger partial charge in [-0.25, -0.2) is 0 Å². The van der Waals surface area contributed by atoms with Crippen molar-refractivity contribution < 1.29 is 4.74 Å². The van der Waals surface area contributed by atoms with E-state index in [4.69, 9.17) is 4.74 Å². The molecule has 0 aliphatic heterocycles. The van der Waals surface area contributed by atoms with Crippen LogP contribution < -0.4 is 10.1 Å². The molecule has 0 radical (unpaired) electrons. The molecule has 2 aromatic rings. The highest BCUT2D eigenvalue weighted by Crippen LogP contribution is 2.29. The van der Waals surface area contributed by atoms with Gasteiger partial charge in [0.1, 0.15) is 5.75 Å². The highest BCUT2D eigenvalue weighted by atomic mass is 79.9. The second-order valence-corrected chi connectivity index (χ2v) is 6.27. The number of ether oxygens (including phenoxy) is 1. The number of rotatable bonds is 5. The van der Waals surface area contributed by atoms with Crippen LogP contribution in [-0.2, 0) is 0 Å². The zero-order chi connectivity index (χ0) is 15.4. The Hall–Kier alpha value is -1.32. The molecule has 2 rings (SSSR count). The van der Waals surface area contributed by atoms with Gasteiger partial charge in [-0.2, -0.15) is 0 Å². The first-order valence-corrected chi connectivity index (χ1v) is 7.96. The summed E-state index contributed by atoms with van der Waals surface area (Å²) in [5, 5.41) is 3.64. The molecular weight excluding hydrogens is 326 g/mol. The fraction of sp³-hybridized carbons (Fsp3) is 0.333. The number of aryl methyl sites for hydroxylation is 1. The Labute approximate surface area is 135 Å². The number of hydrogen-bond donors (Lipinski definition) is 1. The fourth-order valence-electron chi connectivity index (χ4n) is 2.46. The van der Waals surface area contributed by atoms with Crippen molar-refractivity contribution in [3.8, 4) is 5.75 Å². The number of methoxy groups -OCH3 is 1. The first-order chi connectivity index (χ1) is 10.0. The van der Waals surface area contributed by atoms with Gasteiger partial charge in [0.05, 0.1) is 11.6 Å². The lowest BCUT2D eigenvalue weighted by molar-refractivity contribution is 0.411. The molecule has 3 heteroatoms. The molecule has 0 fully saturated rings. The molecule has 0 aromatic heterocycles. The highest BCUT2D eigenvalue weighted by molar-refractivity contribution is 9.10. The molecule has 112 valence electrons. The van der Waals surface area contributed by atoms with E-state index in [0.29, 0.717) is 6.04 Å². The van der Waals surface area contributed by atoms with Gasteiger partial charge in [0.2, 0.25) is 0 Å². The Morgan fingerprint density at radius 2 is 1.67 bits per heavy atom. The molecule has 1 N–H and O–H groups in total. The predicted molar refractivity (Wildman–Crippen MR) is 91.8 cm³/mol. The van der Waals surface area contributed by atoms with Crippen LogP contribution in [0, 0.1) is 6.92 Å². The number of hydrogen-bond acceptors (Lipinski definition) is 2. The maximum Gasteiger partial charge on any atom is 0.133 e. The van der Waals surface area contributed by atoms with Crippen LogP contribution >= 0.6 is 15.9 Å². The largest absolute Gasteiger partial charge is 0.496 e. The van der Waals surface area contributed by atoms with Crippen LogP contribution in [0.2, 0.25) is 0 Å². The average molecular weight is 348 g/mol. The summed E-state index contributed by atoms with van der Waals surface area (Å²) >= 11 is 3.54. The lowest BCUT2D eigenvalue weighted by atomic mass is 10.0. The maximum atomic E-state index is 5.28. The monoisotopic (exact) mass is 347 g/mol. The molecule has 2 nitrogen and oxygen atoms in total. The third-order valence-corrected chi connectivity index (χ3v) is 4.34. The van der Waals surface area contributed by atoms with Crippen molar-refractivity contribution in [3.63, 3.8) is 0 Å². The van der Waals surface area contributed by atoms with Gasteiger partial charge in [-0.05, 0) is 60.0 Å².